The first-order chi connectivity index (χ1) is 16.5. The van der Waals surface area contributed by atoms with Crippen molar-refractivity contribution in [2.75, 3.05) is 19.6 Å². The molecule has 0 bridgehead atoms. The zero-order valence-corrected chi connectivity index (χ0v) is 18.7. The molecule has 4 aromatic rings. The minimum absolute atomic E-state index is 0.314. The van der Waals surface area contributed by atoms with Crippen molar-refractivity contribution in [1.29, 1.82) is 0 Å². The molecule has 0 unspecified atom stereocenters. The Bertz CT molecular complexity index is 1350. The SMILES string of the molecule is O=C(O)Oc1ccc2[nH]cc(C3CCN(CCCc4c[nH]c5ccc(C(=O)O)cc45)CC3)c2c1. The van der Waals surface area contributed by atoms with Crippen molar-refractivity contribution >= 4 is 33.9 Å². The van der Waals surface area contributed by atoms with Gasteiger partial charge in [0.1, 0.15) is 5.75 Å². The zero-order chi connectivity index (χ0) is 23.7. The van der Waals surface area contributed by atoms with Crippen LogP contribution in [-0.2, 0) is 6.42 Å². The van der Waals surface area contributed by atoms with Gasteiger partial charge in [-0.05, 0) is 98.8 Å². The first-order valence-electron chi connectivity index (χ1n) is 11.6. The third kappa shape index (κ3) is 4.49. The van der Waals surface area contributed by atoms with Crippen molar-refractivity contribution in [3.8, 4) is 5.75 Å². The molecule has 8 nitrogen and oxygen atoms in total. The summed E-state index contributed by atoms with van der Waals surface area (Å²) in [5.41, 5.74) is 4.65. The highest BCUT2D eigenvalue weighted by atomic mass is 16.7. The summed E-state index contributed by atoms with van der Waals surface area (Å²) < 4.78 is 4.83. The molecule has 1 aliphatic heterocycles. The summed E-state index contributed by atoms with van der Waals surface area (Å²) in [4.78, 5) is 31.2. The Kier molecular flexibility index (Phi) is 5.98. The normalized spacial score (nSPS) is 15.2. The van der Waals surface area contributed by atoms with E-state index in [-0.39, 0.29) is 0 Å². The van der Waals surface area contributed by atoms with Crippen molar-refractivity contribution < 1.29 is 24.5 Å². The summed E-state index contributed by atoms with van der Waals surface area (Å²) in [6.45, 7) is 3.03. The highest BCUT2D eigenvalue weighted by Crippen LogP contribution is 2.35. The van der Waals surface area contributed by atoms with Crippen LogP contribution >= 0.6 is 0 Å². The fourth-order valence-corrected chi connectivity index (χ4v) is 5.10. The number of aromatic amines is 2. The smallest absolute Gasteiger partial charge is 0.478 e. The average Bonchev–Trinajstić information content (AvgIpc) is 3.43. The van der Waals surface area contributed by atoms with Gasteiger partial charge in [0.15, 0.2) is 0 Å². The number of piperidine rings is 1. The van der Waals surface area contributed by atoms with Gasteiger partial charge in [0, 0.05) is 34.2 Å². The number of fused-ring (bicyclic) bond motifs is 2. The van der Waals surface area contributed by atoms with E-state index in [1.54, 1.807) is 24.3 Å². The fourth-order valence-electron chi connectivity index (χ4n) is 5.10. The monoisotopic (exact) mass is 461 g/mol. The van der Waals surface area contributed by atoms with Crippen LogP contribution < -0.4 is 4.74 Å². The van der Waals surface area contributed by atoms with Crippen LogP contribution in [0.2, 0.25) is 0 Å². The number of ether oxygens (including phenoxy) is 1. The lowest BCUT2D eigenvalue weighted by Crippen LogP contribution is -2.33. The second-order valence-electron chi connectivity index (χ2n) is 8.92. The van der Waals surface area contributed by atoms with Crippen LogP contribution in [0.1, 0.15) is 46.7 Å². The Hall–Kier alpha value is -3.78. The maximum Gasteiger partial charge on any atom is 0.511 e. The molecule has 0 amide bonds. The molecule has 1 saturated heterocycles. The molecule has 4 N–H and O–H groups in total. The van der Waals surface area contributed by atoms with Crippen LogP contribution in [0, 0.1) is 0 Å². The quantitative estimate of drug-likeness (QED) is 0.221. The fraction of sp³-hybridized carbons (Fsp3) is 0.308. The predicted molar refractivity (Wildman–Crippen MR) is 129 cm³/mol. The number of nitrogens with one attached hydrogen (secondary N) is 2. The van der Waals surface area contributed by atoms with Crippen LogP contribution in [0.25, 0.3) is 21.8 Å². The number of nitrogens with zero attached hydrogens (tertiary/aromatic N) is 1. The minimum atomic E-state index is -1.31. The summed E-state index contributed by atoms with van der Waals surface area (Å²) in [5.74, 6) is -0.142. The maximum absolute atomic E-state index is 11.3. The molecule has 0 spiro atoms. The molecule has 3 heterocycles. The molecule has 0 saturated carbocycles. The van der Waals surface area contributed by atoms with E-state index in [1.807, 2.05) is 24.5 Å². The molecule has 0 aliphatic carbocycles. The molecular formula is C26H27N3O5. The second-order valence-corrected chi connectivity index (χ2v) is 8.92. The molecule has 2 aromatic carbocycles. The zero-order valence-electron chi connectivity index (χ0n) is 18.7. The van der Waals surface area contributed by atoms with Gasteiger partial charge in [-0.15, -0.1) is 0 Å². The number of aromatic nitrogens is 2. The van der Waals surface area contributed by atoms with Gasteiger partial charge in [-0.1, -0.05) is 0 Å². The van der Waals surface area contributed by atoms with Crippen molar-refractivity contribution in [3.63, 3.8) is 0 Å². The molecule has 34 heavy (non-hydrogen) atoms. The van der Waals surface area contributed by atoms with E-state index < -0.39 is 12.1 Å². The lowest BCUT2D eigenvalue weighted by Gasteiger charge is -2.32. The van der Waals surface area contributed by atoms with Gasteiger partial charge in [0.2, 0.25) is 0 Å². The summed E-state index contributed by atoms with van der Waals surface area (Å²) in [5, 5.41) is 20.2. The number of hydrogen-bond acceptors (Lipinski definition) is 4. The van der Waals surface area contributed by atoms with Gasteiger partial charge in [-0.2, -0.15) is 0 Å². The van der Waals surface area contributed by atoms with E-state index >= 15 is 0 Å². The highest BCUT2D eigenvalue weighted by molar-refractivity contribution is 5.94. The molecule has 0 atom stereocenters. The van der Waals surface area contributed by atoms with Crippen molar-refractivity contribution in [3.05, 3.63) is 65.5 Å². The van der Waals surface area contributed by atoms with E-state index in [9.17, 15) is 14.7 Å². The summed E-state index contributed by atoms with van der Waals surface area (Å²) in [7, 11) is 0. The molecule has 8 heteroatoms. The molecular weight excluding hydrogens is 434 g/mol. The van der Waals surface area contributed by atoms with Crippen LogP contribution in [0.15, 0.2) is 48.8 Å². The lowest BCUT2D eigenvalue weighted by molar-refractivity contribution is 0.0697. The first-order valence-corrected chi connectivity index (χ1v) is 11.6. The second kappa shape index (κ2) is 9.23. The predicted octanol–water partition coefficient (Wildman–Crippen LogP) is 5.22. The van der Waals surface area contributed by atoms with E-state index in [4.69, 9.17) is 9.84 Å². The topological polar surface area (TPSA) is 119 Å². The number of carboxylic acid groups (broad SMARTS) is 2. The van der Waals surface area contributed by atoms with E-state index in [2.05, 4.69) is 14.9 Å². The van der Waals surface area contributed by atoms with E-state index in [0.29, 0.717) is 17.2 Å². The first kappa shape index (κ1) is 22.0. The summed E-state index contributed by atoms with van der Waals surface area (Å²) in [6.07, 6.45) is 6.73. The number of carbonyl (C=O) groups is 2. The average molecular weight is 462 g/mol. The van der Waals surface area contributed by atoms with Crippen LogP contribution in [0.5, 0.6) is 5.75 Å². The Balaban J connectivity index is 1.17. The number of rotatable bonds is 7. The van der Waals surface area contributed by atoms with Gasteiger partial charge >= 0.3 is 12.1 Å². The van der Waals surface area contributed by atoms with Gasteiger partial charge in [-0.3, -0.25) is 0 Å². The highest BCUT2D eigenvalue weighted by Gasteiger charge is 2.23. The maximum atomic E-state index is 11.3. The van der Waals surface area contributed by atoms with Crippen molar-refractivity contribution in [2.24, 2.45) is 0 Å². The van der Waals surface area contributed by atoms with Gasteiger partial charge < -0.3 is 29.8 Å². The number of aromatic carboxylic acids is 1. The number of hydrogen-bond donors (Lipinski definition) is 4. The van der Waals surface area contributed by atoms with E-state index in [0.717, 1.165) is 72.7 Å². The standard InChI is InChI=1S/C26H27N3O5/c30-25(31)17-3-5-23-20(12-17)18(14-27-23)2-1-9-29-10-7-16(8-11-29)22-15-28-24-6-4-19(13-21(22)24)34-26(32)33/h3-6,12-16,27-28H,1-2,7-11H2,(H,30,31)(H,32,33). The van der Waals surface area contributed by atoms with Gasteiger partial charge in [0.05, 0.1) is 5.56 Å². The Labute approximate surface area is 196 Å². The summed E-state index contributed by atoms with van der Waals surface area (Å²) >= 11 is 0. The third-order valence-electron chi connectivity index (χ3n) is 6.85. The summed E-state index contributed by atoms with van der Waals surface area (Å²) in [6, 6.07) is 10.5. The number of aryl methyl sites for hydroxylation is 1. The molecule has 5 rings (SSSR count). The number of carboxylic acids is 1. The largest absolute Gasteiger partial charge is 0.511 e. The Morgan fingerprint density at radius 3 is 2.47 bits per heavy atom. The van der Waals surface area contributed by atoms with Crippen molar-refractivity contribution in [2.45, 2.75) is 31.6 Å². The Morgan fingerprint density at radius 1 is 0.971 bits per heavy atom. The number of H-pyrrole nitrogens is 2. The number of benzene rings is 2. The lowest BCUT2D eigenvalue weighted by atomic mass is 9.89. The molecule has 1 fully saturated rings. The van der Waals surface area contributed by atoms with Crippen LogP contribution in [0.4, 0.5) is 4.79 Å². The van der Waals surface area contributed by atoms with Gasteiger partial charge in [0.25, 0.3) is 0 Å². The molecule has 2 aromatic heterocycles. The molecule has 0 radical (unpaired) electrons. The molecule has 176 valence electrons. The third-order valence-corrected chi connectivity index (χ3v) is 6.85. The Morgan fingerprint density at radius 2 is 1.71 bits per heavy atom. The van der Waals surface area contributed by atoms with Crippen molar-refractivity contribution in [1.82, 2.24) is 14.9 Å². The van der Waals surface area contributed by atoms with Crippen LogP contribution in [0.3, 0.4) is 0 Å². The molecule has 1 aliphatic rings. The van der Waals surface area contributed by atoms with Crippen LogP contribution in [-0.4, -0.2) is 56.8 Å². The van der Waals surface area contributed by atoms with E-state index in [1.165, 1.54) is 5.56 Å². The minimum Gasteiger partial charge on any atom is -0.478 e. The number of likely N-dealkylation sites (tertiary alicyclic amines) is 1. The van der Waals surface area contributed by atoms with Gasteiger partial charge in [-0.25, -0.2) is 9.59 Å².